The molecule has 0 aromatic carbocycles. The van der Waals surface area contributed by atoms with E-state index in [0.29, 0.717) is 25.4 Å². The lowest BCUT2D eigenvalue weighted by Gasteiger charge is -2.16. The van der Waals surface area contributed by atoms with Gasteiger partial charge in [0.2, 0.25) is 5.91 Å². The fourth-order valence-corrected chi connectivity index (χ4v) is 1.86. The van der Waals surface area contributed by atoms with Crippen molar-refractivity contribution in [2.24, 2.45) is 17.6 Å². The monoisotopic (exact) mass is 238 g/mol. The van der Waals surface area contributed by atoms with Crippen molar-refractivity contribution in [3.63, 3.8) is 0 Å². The van der Waals surface area contributed by atoms with E-state index < -0.39 is 0 Å². The van der Waals surface area contributed by atoms with Gasteiger partial charge < -0.3 is 15.5 Å². The highest BCUT2D eigenvalue weighted by Crippen LogP contribution is 2.14. The van der Waals surface area contributed by atoms with Gasteiger partial charge in [-0.1, -0.05) is 13.8 Å². The number of furan rings is 1. The van der Waals surface area contributed by atoms with Gasteiger partial charge in [-0.15, -0.1) is 0 Å². The van der Waals surface area contributed by atoms with E-state index in [2.05, 4.69) is 19.2 Å². The summed E-state index contributed by atoms with van der Waals surface area (Å²) < 4.78 is 5.14. The van der Waals surface area contributed by atoms with Crippen LogP contribution in [0.3, 0.4) is 0 Å². The quantitative estimate of drug-likeness (QED) is 0.762. The topological polar surface area (TPSA) is 68.3 Å². The maximum atomic E-state index is 11.7. The fourth-order valence-electron chi connectivity index (χ4n) is 1.86. The molecule has 0 saturated heterocycles. The van der Waals surface area contributed by atoms with Crippen molar-refractivity contribution in [3.8, 4) is 0 Å². The molecule has 0 aliphatic rings. The Morgan fingerprint density at radius 3 is 2.82 bits per heavy atom. The van der Waals surface area contributed by atoms with Crippen LogP contribution in [-0.2, 0) is 11.3 Å². The summed E-state index contributed by atoms with van der Waals surface area (Å²) in [5.74, 6) is 1.65. The van der Waals surface area contributed by atoms with E-state index in [1.165, 1.54) is 0 Å². The molecular formula is C13H22N2O2. The van der Waals surface area contributed by atoms with Gasteiger partial charge in [-0.25, -0.2) is 0 Å². The first kappa shape index (κ1) is 13.8. The molecule has 3 N–H and O–H groups in total. The zero-order valence-electron chi connectivity index (χ0n) is 10.6. The summed E-state index contributed by atoms with van der Waals surface area (Å²) in [4.78, 5) is 11.7. The molecule has 0 spiro atoms. The number of nitrogens with one attached hydrogen (secondary N) is 1. The molecule has 0 saturated carbocycles. The first-order valence-electron chi connectivity index (χ1n) is 6.11. The van der Waals surface area contributed by atoms with Crippen molar-refractivity contribution < 1.29 is 9.21 Å². The second kappa shape index (κ2) is 7.12. The maximum absolute atomic E-state index is 11.7. The van der Waals surface area contributed by atoms with Gasteiger partial charge in [-0.3, -0.25) is 4.79 Å². The summed E-state index contributed by atoms with van der Waals surface area (Å²) in [7, 11) is 0. The number of carbonyl (C=O) groups is 1. The zero-order valence-corrected chi connectivity index (χ0v) is 10.6. The highest BCUT2D eigenvalue weighted by Gasteiger charge is 2.13. The lowest BCUT2D eigenvalue weighted by atomic mass is 9.94. The van der Waals surface area contributed by atoms with Crippen LogP contribution in [-0.4, -0.2) is 12.5 Å². The number of hydrogen-bond donors (Lipinski definition) is 2. The highest BCUT2D eigenvalue weighted by atomic mass is 16.3. The van der Waals surface area contributed by atoms with Gasteiger partial charge in [0.15, 0.2) is 0 Å². The molecule has 0 aliphatic heterocycles. The average Bonchev–Trinajstić information content (AvgIpc) is 2.77. The van der Waals surface area contributed by atoms with Gasteiger partial charge in [0.1, 0.15) is 5.76 Å². The van der Waals surface area contributed by atoms with Crippen molar-refractivity contribution in [2.75, 3.05) is 6.54 Å². The Hall–Kier alpha value is -1.29. The molecule has 0 fully saturated rings. The first-order valence-corrected chi connectivity index (χ1v) is 6.11. The Bertz CT molecular complexity index is 320. The van der Waals surface area contributed by atoms with Crippen molar-refractivity contribution in [1.29, 1.82) is 0 Å². The smallest absolute Gasteiger partial charge is 0.220 e. The Labute approximate surface area is 103 Å². The van der Waals surface area contributed by atoms with Crippen LogP contribution >= 0.6 is 0 Å². The summed E-state index contributed by atoms with van der Waals surface area (Å²) in [5.41, 5.74) is 5.66. The van der Waals surface area contributed by atoms with Crippen molar-refractivity contribution in [3.05, 3.63) is 24.2 Å². The van der Waals surface area contributed by atoms with E-state index >= 15 is 0 Å². The molecule has 0 aliphatic carbocycles. The molecule has 4 nitrogen and oxygen atoms in total. The third-order valence-corrected chi connectivity index (χ3v) is 2.65. The van der Waals surface area contributed by atoms with E-state index in [1.807, 2.05) is 12.1 Å². The number of rotatable bonds is 7. The third kappa shape index (κ3) is 5.54. The highest BCUT2D eigenvalue weighted by molar-refractivity contribution is 5.76. The van der Waals surface area contributed by atoms with Crippen LogP contribution in [0.5, 0.6) is 0 Å². The summed E-state index contributed by atoms with van der Waals surface area (Å²) in [6.45, 7) is 5.30. The molecule has 1 unspecified atom stereocenters. The van der Waals surface area contributed by atoms with Gasteiger partial charge in [-0.2, -0.15) is 0 Å². The van der Waals surface area contributed by atoms with E-state index in [9.17, 15) is 4.79 Å². The second-order valence-corrected chi connectivity index (χ2v) is 4.79. The molecule has 1 heterocycles. The average molecular weight is 238 g/mol. The number of carbonyl (C=O) groups excluding carboxylic acids is 1. The van der Waals surface area contributed by atoms with Crippen molar-refractivity contribution >= 4 is 5.91 Å². The van der Waals surface area contributed by atoms with Gasteiger partial charge in [0, 0.05) is 6.42 Å². The molecule has 0 bridgehead atoms. The maximum Gasteiger partial charge on any atom is 0.220 e. The Morgan fingerprint density at radius 1 is 1.53 bits per heavy atom. The molecule has 1 atom stereocenters. The van der Waals surface area contributed by atoms with Crippen LogP contribution in [0.1, 0.15) is 32.4 Å². The predicted molar refractivity (Wildman–Crippen MR) is 67.2 cm³/mol. The molecule has 1 aromatic rings. The summed E-state index contributed by atoms with van der Waals surface area (Å²) in [5, 5.41) is 2.83. The minimum Gasteiger partial charge on any atom is -0.467 e. The number of amides is 1. The normalized spacial score (nSPS) is 12.7. The molecular weight excluding hydrogens is 216 g/mol. The van der Waals surface area contributed by atoms with Crippen LogP contribution in [0.4, 0.5) is 0 Å². The Kier molecular flexibility index (Phi) is 5.77. The second-order valence-electron chi connectivity index (χ2n) is 4.79. The van der Waals surface area contributed by atoms with Crippen LogP contribution in [0, 0.1) is 11.8 Å². The van der Waals surface area contributed by atoms with Crippen molar-refractivity contribution in [2.45, 2.75) is 33.2 Å². The largest absolute Gasteiger partial charge is 0.467 e. The lowest BCUT2D eigenvalue weighted by molar-refractivity contribution is -0.122. The molecule has 0 radical (unpaired) electrons. The van der Waals surface area contributed by atoms with E-state index in [0.717, 1.165) is 12.2 Å². The third-order valence-electron chi connectivity index (χ3n) is 2.65. The standard InChI is InChI=1S/C13H22N2O2/c1-10(2)6-11(8-14)7-13(16)15-9-12-4-3-5-17-12/h3-5,10-11H,6-9,14H2,1-2H3,(H,15,16). The van der Waals surface area contributed by atoms with Crippen LogP contribution in [0.25, 0.3) is 0 Å². The van der Waals surface area contributed by atoms with Crippen molar-refractivity contribution in [1.82, 2.24) is 5.32 Å². The number of hydrogen-bond acceptors (Lipinski definition) is 3. The predicted octanol–water partition coefficient (Wildman–Crippen LogP) is 1.91. The van der Waals surface area contributed by atoms with Gasteiger partial charge in [0.25, 0.3) is 0 Å². The van der Waals surface area contributed by atoms with Gasteiger partial charge >= 0.3 is 0 Å². The van der Waals surface area contributed by atoms with E-state index in [-0.39, 0.29) is 11.8 Å². The molecule has 1 aromatic heterocycles. The number of nitrogens with two attached hydrogens (primary N) is 1. The Morgan fingerprint density at radius 2 is 2.29 bits per heavy atom. The lowest BCUT2D eigenvalue weighted by Crippen LogP contribution is -2.28. The van der Waals surface area contributed by atoms with E-state index in [1.54, 1.807) is 6.26 Å². The summed E-state index contributed by atoms with van der Waals surface area (Å²) in [6, 6.07) is 3.65. The van der Waals surface area contributed by atoms with Gasteiger partial charge in [0.05, 0.1) is 12.8 Å². The SMILES string of the molecule is CC(C)CC(CN)CC(=O)NCc1ccco1. The van der Waals surface area contributed by atoms with Crippen LogP contribution in [0.15, 0.2) is 22.8 Å². The van der Waals surface area contributed by atoms with Crippen LogP contribution in [0.2, 0.25) is 0 Å². The zero-order chi connectivity index (χ0) is 12.7. The Balaban J connectivity index is 2.27. The first-order chi connectivity index (χ1) is 8.11. The molecule has 4 heteroatoms. The minimum absolute atomic E-state index is 0.0394. The van der Waals surface area contributed by atoms with Gasteiger partial charge in [-0.05, 0) is 36.9 Å². The summed E-state index contributed by atoms with van der Waals surface area (Å²) in [6.07, 6.45) is 3.09. The minimum atomic E-state index is 0.0394. The van der Waals surface area contributed by atoms with Crippen LogP contribution < -0.4 is 11.1 Å². The fraction of sp³-hybridized carbons (Fsp3) is 0.615. The molecule has 96 valence electrons. The van der Waals surface area contributed by atoms with E-state index in [4.69, 9.17) is 10.2 Å². The molecule has 17 heavy (non-hydrogen) atoms. The molecule has 1 amide bonds. The molecule has 1 rings (SSSR count). The summed E-state index contributed by atoms with van der Waals surface area (Å²) >= 11 is 0.